The molecule has 0 unspecified atom stereocenters. The van der Waals surface area contributed by atoms with Crippen molar-refractivity contribution in [1.82, 2.24) is 9.78 Å². The Morgan fingerprint density at radius 3 is 2.59 bits per heavy atom. The number of benzene rings is 1. The summed E-state index contributed by atoms with van der Waals surface area (Å²) in [6, 6.07) is 7.29. The van der Waals surface area contributed by atoms with E-state index in [1.54, 1.807) is 29.9 Å². The quantitative estimate of drug-likeness (QED) is 0.622. The van der Waals surface area contributed by atoms with Gasteiger partial charge in [0.2, 0.25) is 0 Å². The maximum absolute atomic E-state index is 10.6. The van der Waals surface area contributed by atoms with Crippen LogP contribution in [0.2, 0.25) is 5.02 Å². The van der Waals surface area contributed by atoms with E-state index in [1.807, 2.05) is 12.1 Å². The van der Waals surface area contributed by atoms with E-state index in [9.17, 15) is 10.1 Å². The summed E-state index contributed by atoms with van der Waals surface area (Å²) in [6.07, 6.45) is 1.66. The van der Waals surface area contributed by atoms with Crippen LogP contribution in [0.5, 0.6) is 0 Å². The molecule has 0 amide bonds. The molecule has 2 rings (SSSR count). The molecule has 0 aliphatic carbocycles. The van der Waals surface area contributed by atoms with Gasteiger partial charge < -0.3 is 10.1 Å². The maximum atomic E-state index is 10.6. The zero-order valence-electron chi connectivity index (χ0n) is 9.13. The molecule has 1 aromatic heterocycles. The third kappa shape index (κ3) is 2.62. The van der Waals surface area contributed by atoms with Gasteiger partial charge in [-0.25, -0.2) is 0 Å². The fourth-order valence-corrected chi connectivity index (χ4v) is 1.68. The van der Waals surface area contributed by atoms with Crippen LogP contribution < -0.4 is 0 Å². The Kier molecular flexibility index (Phi) is 3.10. The number of halogens is 1. The largest absolute Gasteiger partial charge is 0.392 e. The van der Waals surface area contributed by atoms with Crippen LogP contribution >= 0.6 is 11.6 Å². The number of hydrogen-bond donors (Lipinski definition) is 0. The van der Waals surface area contributed by atoms with Crippen LogP contribution in [0.25, 0.3) is 0 Å². The van der Waals surface area contributed by atoms with Crippen LogP contribution in [0.15, 0.2) is 30.5 Å². The Morgan fingerprint density at radius 2 is 2.06 bits per heavy atom. The SMILES string of the molecule is Cc1cn(Cc2ccc(Cl)cc2)nc1[N+](=O)[O-]. The summed E-state index contributed by atoms with van der Waals surface area (Å²) < 4.78 is 1.55. The topological polar surface area (TPSA) is 61.0 Å². The Hall–Kier alpha value is -1.88. The van der Waals surface area contributed by atoms with Gasteiger partial charge in [0.05, 0.1) is 23.4 Å². The molecule has 0 aliphatic rings. The van der Waals surface area contributed by atoms with E-state index < -0.39 is 4.92 Å². The lowest BCUT2D eigenvalue weighted by Gasteiger charge is -1.98. The van der Waals surface area contributed by atoms with Crippen LogP contribution in [0.1, 0.15) is 11.1 Å². The standard InChI is InChI=1S/C11H10ClN3O2/c1-8-6-14(13-11(8)15(16)17)7-9-2-4-10(12)5-3-9/h2-6H,7H2,1H3. The van der Waals surface area contributed by atoms with Crippen molar-refractivity contribution in [2.24, 2.45) is 0 Å². The monoisotopic (exact) mass is 251 g/mol. The first kappa shape index (κ1) is 11.6. The number of nitro groups is 1. The van der Waals surface area contributed by atoms with E-state index in [2.05, 4.69) is 5.10 Å². The summed E-state index contributed by atoms with van der Waals surface area (Å²) in [5, 5.41) is 15.2. The molecule has 1 heterocycles. The average Bonchev–Trinajstić information content (AvgIpc) is 2.63. The third-order valence-electron chi connectivity index (χ3n) is 2.35. The number of hydrogen-bond acceptors (Lipinski definition) is 3. The molecule has 0 spiro atoms. The second-order valence-electron chi connectivity index (χ2n) is 3.72. The molecule has 0 atom stereocenters. The summed E-state index contributed by atoms with van der Waals surface area (Å²) in [5.41, 5.74) is 1.55. The van der Waals surface area contributed by atoms with Crippen molar-refractivity contribution in [2.75, 3.05) is 0 Å². The number of rotatable bonds is 3. The van der Waals surface area contributed by atoms with Crippen molar-refractivity contribution >= 4 is 17.4 Å². The molecular weight excluding hydrogens is 242 g/mol. The molecule has 1 aromatic carbocycles. The predicted octanol–water partition coefficient (Wildman–Crippen LogP) is 2.80. The van der Waals surface area contributed by atoms with E-state index >= 15 is 0 Å². The van der Waals surface area contributed by atoms with E-state index in [1.165, 1.54) is 0 Å². The minimum absolute atomic E-state index is 0.0982. The molecule has 6 heteroatoms. The zero-order chi connectivity index (χ0) is 12.4. The van der Waals surface area contributed by atoms with Gasteiger partial charge in [0, 0.05) is 5.02 Å². The highest BCUT2D eigenvalue weighted by Crippen LogP contribution is 2.16. The summed E-state index contributed by atoms with van der Waals surface area (Å²) in [7, 11) is 0. The van der Waals surface area contributed by atoms with Crippen LogP contribution in [0.3, 0.4) is 0 Å². The van der Waals surface area contributed by atoms with Crippen LogP contribution in [0, 0.1) is 17.0 Å². The molecule has 0 N–H and O–H groups in total. The van der Waals surface area contributed by atoms with E-state index in [4.69, 9.17) is 11.6 Å². The van der Waals surface area contributed by atoms with Crippen molar-refractivity contribution in [3.63, 3.8) is 0 Å². The molecule has 2 aromatic rings. The molecular formula is C11H10ClN3O2. The van der Waals surface area contributed by atoms with Crippen molar-refractivity contribution in [3.05, 3.63) is 56.7 Å². The average molecular weight is 252 g/mol. The van der Waals surface area contributed by atoms with E-state index in [-0.39, 0.29) is 5.82 Å². The Labute approximate surface area is 103 Å². The second-order valence-corrected chi connectivity index (χ2v) is 4.15. The smallest absolute Gasteiger partial charge is 0.358 e. The Balaban J connectivity index is 2.22. The summed E-state index contributed by atoms with van der Waals surface area (Å²) in [4.78, 5) is 10.2. The minimum Gasteiger partial charge on any atom is -0.358 e. The lowest BCUT2D eigenvalue weighted by Crippen LogP contribution is -2.00. The Bertz CT molecular complexity index is 548. The van der Waals surface area contributed by atoms with Crippen LogP contribution in [0.4, 0.5) is 5.82 Å². The molecule has 88 valence electrons. The fourth-order valence-electron chi connectivity index (χ4n) is 1.55. The number of aromatic nitrogens is 2. The first-order valence-electron chi connectivity index (χ1n) is 4.99. The normalized spacial score (nSPS) is 10.5. The molecule has 17 heavy (non-hydrogen) atoms. The second kappa shape index (κ2) is 4.55. The highest BCUT2D eigenvalue weighted by molar-refractivity contribution is 6.30. The van der Waals surface area contributed by atoms with E-state index in [0.29, 0.717) is 17.1 Å². The lowest BCUT2D eigenvalue weighted by atomic mass is 10.2. The molecule has 0 radical (unpaired) electrons. The summed E-state index contributed by atoms with van der Waals surface area (Å²) in [6.45, 7) is 2.16. The molecule has 0 aliphatic heterocycles. The van der Waals surface area contributed by atoms with Gasteiger partial charge in [0.25, 0.3) is 0 Å². The lowest BCUT2D eigenvalue weighted by molar-refractivity contribution is -0.390. The first-order chi connectivity index (χ1) is 8.06. The predicted molar refractivity (Wildman–Crippen MR) is 64.2 cm³/mol. The van der Waals surface area contributed by atoms with Gasteiger partial charge in [-0.15, -0.1) is 0 Å². The summed E-state index contributed by atoms with van der Waals surface area (Å²) in [5.74, 6) is -0.0982. The first-order valence-corrected chi connectivity index (χ1v) is 5.37. The molecule has 5 nitrogen and oxygen atoms in total. The van der Waals surface area contributed by atoms with E-state index in [0.717, 1.165) is 5.56 Å². The van der Waals surface area contributed by atoms with Gasteiger partial charge >= 0.3 is 5.82 Å². The van der Waals surface area contributed by atoms with Gasteiger partial charge in [0.15, 0.2) is 0 Å². The van der Waals surface area contributed by atoms with Crippen LogP contribution in [-0.4, -0.2) is 14.7 Å². The van der Waals surface area contributed by atoms with Gasteiger partial charge in [-0.05, 0) is 29.5 Å². The van der Waals surface area contributed by atoms with Crippen molar-refractivity contribution < 1.29 is 4.92 Å². The van der Waals surface area contributed by atoms with Crippen molar-refractivity contribution in [2.45, 2.75) is 13.5 Å². The van der Waals surface area contributed by atoms with Gasteiger partial charge in [0.1, 0.15) is 0 Å². The highest BCUT2D eigenvalue weighted by Gasteiger charge is 2.16. The van der Waals surface area contributed by atoms with Gasteiger partial charge in [-0.2, -0.15) is 4.68 Å². The minimum atomic E-state index is -0.478. The van der Waals surface area contributed by atoms with Gasteiger partial charge in [-0.3, -0.25) is 0 Å². The molecule has 0 bridgehead atoms. The van der Waals surface area contributed by atoms with Crippen LogP contribution in [-0.2, 0) is 6.54 Å². The number of nitrogens with zero attached hydrogens (tertiary/aromatic N) is 3. The summed E-state index contributed by atoms with van der Waals surface area (Å²) >= 11 is 5.77. The maximum Gasteiger partial charge on any atom is 0.392 e. The zero-order valence-corrected chi connectivity index (χ0v) is 9.89. The Morgan fingerprint density at radius 1 is 1.41 bits per heavy atom. The highest BCUT2D eigenvalue weighted by atomic mass is 35.5. The van der Waals surface area contributed by atoms with Crippen molar-refractivity contribution in [1.29, 1.82) is 0 Å². The fraction of sp³-hybridized carbons (Fsp3) is 0.182. The molecule has 0 fully saturated rings. The third-order valence-corrected chi connectivity index (χ3v) is 2.60. The molecule has 0 saturated heterocycles. The number of aryl methyl sites for hydroxylation is 1. The van der Waals surface area contributed by atoms with Crippen molar-refractivity contribution in [3.8, 4) is 0 Å². The van der Waals surface area contributed by atoms with Gasteiger partial charge in [-0.1, -0.05) is 23.7 Å². The molecule has 0 saturated carbocycles.